The van der Waals surface area contributed by atoms with E-state index in [9.17, 15) is 0 Å². The van der Waals surface area contributed by atoms with Crippen LogP contribution in [0.2, 0.25) is 0 Å². The summed E-state index contributed by atoms with van der Waals surface area (Å²) in [6.45, 7) is 4.77. The van der Waals surface area contributed by atoms with Crippen molar-refractivity contribution in [3.8, 4) is 17.1 Å². The van der Waals surface area contributed by atoms with E-state index < -0.39 is 5.41 Å². The first-order chi connectivity index (χ1) is 41.9. The third-order valence-corrected chi connectivity index (χ3v) is 17.7. The van der Waals surface area contributed by atoms with Crippen molar-refractivity contribution >= 4 is 76.3 Å². The molecule has 7 heterocycles. The van der Waals surface area contributed by atoms with E-state index in [0.29, 0.717) is 0 Å². The van der Waals surface area contributed by atoms with Crippen molar-refractivity contribution in [2.24, 2.45) is 0 Å². The molecule has 0 atom stereocenters. The van der Waals surface area contributed by atoms with E-state index in [2.05, 4.69) is 339 Å². The van der Waals surface area contributed by atoms with E-state index in [1.54, 1.807) is 0 Å². The molecular weight excluding hydrogens is 1030 g/mol. The maximum Gasteiger partial charge on any atom is 0.0531 e. The summed E-state index contributed by atoms with van der Waals surface area (Å²) in [4.78, 5) is 13.6. The van der Waals surface area contributed by atoms with Crippen LogP contribution >= 0.6 is 0 Å². The minimum absolute atomic E-state index is 0.335. The molecule has 4 N–H and O–H groups in total. The lowest BCUT2D eigenvalue weighted by Gasteiger charge is -2.30. The van der Waals surface area contributed by atoms with Crippen molar-refractivity contribution in [3.63, 3.8) is 0 Å². The number of fused-ring (bicyclic) bond motifs is 7. The van der Waals surface area contributed by atoms with Gasteiger partial charge >= 0.3 is 0 Å². The molecule has 0 amide bonds. The zero-order chi connectivity index (χ0) is 56.9. The van der Waals surface area contributed by atoms with E-state index in [1.165, 1.54) is 93.2 Å². The number of aromatic nitrogens is 7. The molecule has 0 unspecified atom stereocenters. The van der Waals surface area contributed by atoms with Crippen LogP contribution in [0, 0.1) is 0 Å². The summed E-state index contributed by atoms with van der Waals surface area (Å²) in [5.74, 6) is 0. The largest absolute Gasteiger partial charge is 0.361 e. The molecule has 17 aromatic rings. The molecule has 7 aromatic heterocycles. The van der Waals surface area contributed by atoms with Gasteiger partial charge in [0.15, 0.2) is 0 Å². The van der Waals surface area contributed by atoms with E-state index in [4.69, 9.17) is 0 Å². The van der Waals surface area contributed by atoms with Crippen LogP contribution < -0.4 is 0 Å². The van der Waals surface area contributed by atoms with Gasteiger partial charge in [0, 0.05) is 126 Å². The molecule has 85 heavy (non-hydrogen) atoms. The second-order valence-corrected chi connectivity index (χ2v) is 22.4. The lowest BCUT2D eigenvalue weighted by Crippen LogP contribution is -2.25. The number of aromatic amines is 4. The molecule has 0 aliphatic rings. The van der Waals surface area contributed by atoms with Gasteiger partial charge in [-0.05, 0) is 138 Å². The van der Waals surface area contributed by atoms with Crippen LogP contribution in [-0.4, -0.2) is 33.6 Å². The van der Waals surface area contributed by atoms with E-state index >= 15 is 0 Å². The van der Waals surface area contributed by atoms with Crippen molar-refractivity contribution in [3.05, 3.63) is 344 Å². The first-order valence-corrected chi connectivity index (χ1v) is 29.1. The van der Waals surface area contributed by atoms with Crippen LogP contribution in [0.15, 0.2) is 310 Å². The Morgan fingerprint density at radius 2 is 0.529 bits per heavy atom. The summed E-state index contributed by atoms with van der Waals surface area (Å²) in [6.07, 6.45) is 15.6. The van der Waals surface area contributed by atoms with Gasteiger partial charge in [0.2, 0.25) is 0 Å². The zero-order valence-electron chi connectivity index (χ0n) is 47.3. The predicted molar refractivity (Wildman–Crippen MR) is 354 cm³/mol. The van der Waals surface area contributed by atoms with Gasteiger partial charge < -0.3 is 33.6 Å². The second kappa shape index (κ2) is 21.1. The van der Waals surface area contributed by atoms with Crippen LogP contribution in [0.4, 0.5) is 0 Å². The number of nitrogens with one attached hydrogen (secondary N) is 4. The third kappa shape index (κ3) is 8.58. The van der Waals surface area contributed by atoms with Gasteiger partial charge in [0.1, 0.15) is 0 Å². The Balaban J connectivity index is 0.000000135. The Morgan fingerprint density at radius 3 is 0.882 bits per heavy atom. The van der Waals surface area contributed by atoms with Gasteiger partial charge in [-0.25, -0.2) is 0 Å². The Kier molecular flexibility index (Phi) is 12.6. The summed E-state index contributed by atoms with van der Waals surface area (Å²) < 4.78 is 7.07. The minimum atomic E-state index is -0.543. The maximum atomic E-state index is 3.49. The van der Waals surface area contributed by atoms with Crippen molar-refractivity contribution in [2.75, 3.05) is 0 Å². The smallest absolute Gasteiger partial charge is 0.0531 e. The van der Waals surface area contributed by atoms with Gasteiger partial charge in [-0.1, -0.05) is 182 Å². The van der Waals surface area contributed by atoms with Crippen LogP contribution in [-0.2, 0) is 10.8 Å². The SMILES string of the molecule is CC(c1c[nH]c2ccccc12)(c1c[nH]c2ccccc12)c1c[nH]c2ccccc12.CC(c1cn(-c2ccccc2)c2ccccc12)(c1cn(-c2ccccc2)c2ccccc12)c1cn(-c2ccccc2)c2ccccc12.c1ccc2[nH]ccc2c1. The molecule has 0 saturated carbocycles. The van der Waals surface area contributed by atoms with Crippen molar-refractivity contribution < 1.29 is 0 Å². The average Bonchev–Trinajstić information content (AvgIpc) is 2.69. The van der Waals surface area contributed by atoms with Gasteiger partial charge in [-0.15, -0.1) is 0 Å². The molecule has 0 aliphatic heterocycles. The molecule has 0 bridgehead atoms. The van der Waals surface area contributed by atoms with Gasteiger partial charge in [-0.2, -0.15) is 0 Å². The normalized spacial score (nSPS) is 11.9. The van der Waals surface area contributed by atoms with Crippen molar-refractivity contribution in [1.82, 2.24) is 33.6 Å². The first-order valence-electron chi connectivity index (χ1n) is 29.1. The van der Waals surface area contributed by atoms with E-state index in [-0.39, 0.29) is 5.41 Å². The van der Waals surface area contributed by atoms with Crippen LogP contribution in [0.1, 0.15) is 47.2 Å². The minimum Gasteiger partial charge on any atom is -0.361 e. The number of H-pyrrole nitrogens is 4. The Hall–Kier alpha value is -11.0. The van der Waals surface area contributed by atoms with E-state index in [1.807, 2.05) is 18.3 Å². The van der Waals surface area contributed by atoms with Crippen molar-refractivity contribution in [1.29, 1.82) is 0 Å². The number of para-hydroxylation sites is 10. The highest BCUT2D eigenvalue weighted by Crippen LogP contribution is 2.50. The van der Waals surface area contributed by atoms with Crippen LogP contribution in [0.25, 0.3) is 93.4 Å². The quantitative estimate of drug-likeness (QED) is 0.111. The highest BCUT2D eigenvalue weighted by Gasteiger charge is 2.40. The summed E-state index contributed by atoms with van der Waals surface area (Å²) in [5.41, 5.74) is 18.5. The van der Waals surface area contributed by atoms with Crippen LogP contribution in [0.3, 0.4) is 0 Å². The fourth-order valence-electron chi connectivity index (χ4n) is 13.5. The second-order valence-electron chi connectivity index (χ2n) is 22.4. The zero-order valence-corrected chi connectivity index (χ0v) is 47.3. The lowest BCUT2D eigenvalue weighted by atomic mass is 9.71. The van der Waals surface area contributed by atoms with Gasteiger partial charge in [0.25, 0.3) is 0 Å². The highest BCUT2D eigenvalue weighted by molar-refractivity contribution is 5.98. The maximum absolute atomic E-state index is 3.49. The Bertz CT molecular complexity index is 4680. The fourth-order valence-corrected chi connectivity index (χ4v) is 13.5. The Labute approximate surface area is 492 Å². The molecule has 0 spiro atoms. The summed E-state index contributed by atoms with van der Waals surface area (Å²) >= 11 is 0. The molecule has 0 radical (unpaired) electrons. The predicted octanol–water partition coefficient (Wildman–Crippen LogP) is 19.5. The number of hydrogen-bond acceptors (Lipinski definition) is 0. The number of benzene rings is 10. The highest BCUT2D eigenvalue weighted by atomic mass is 15.0. The fraction of sp³-hybridized carbons (Fsp3) is 0.0513. The molecular formula is C78H61N7. The molecule has 0 fully saturated rings. The average molecular weight is 1100 g/mol. The van der Waals surface area contributed by atoms with Gasteiger partial charge in [0.05, 0.1) is 16.6 Å². The summed E-state index contributed by atoms with van der Waals surface area (Å²) in [6, 6.07) is 94.5. The molecule has 17 rings (SSSR count). The molecule has 7 heteroatoms. The molecule has 408 valence electrons. The van der Waals surface area contributed by atoms with E-state index in [0.717, 1.165) is 33.6 Å². The molecule has 0 aliphatic carbocycles. The van der Waals surface area contributed by atoms with Gasteiger partial charge in [-0.3, -0.25) is 0 Å². The molecule has 10 aromatic carbocycles. The molecule has 0 saturated heterocycles. The summed E-state index contributed by atoms with van der Waals surface area (Å²) in [5, 5.41) is 8.77. The van der Waals surface area contributed by atoms with Crippen molar-refractivity contribution in [2.45, 2.75) is 24.7 Å². The molecule has 7 nitrogen and oxygen atoms in total. The number of nitrogens with zero attached hydrogens (tertiary/aromatic N) is 3. The number of hydrogen-bond donors (Lipinski definition) is 4. The standard InChI is InChI=1S/C44H33N3.C26H21N3.C8H7N/c1-44(38-29-45(32-17-5-2-6-18-32)41-26-14-11-23-35(38)41,39-30-46(33-19-7-3-8-20-33)42-27-15-12-24-36(39)42)40-31-47(34-21-9-4-10-22-34)43-28-16-13-25-37(40)43;1-26(20-14-27-23-11-5-2-8-17(20)23,21-15-28-24-12-6-3-9-18(21)24)22-16-29-25-13-7-4-10-19(22)25;1-2-4-8-7(3-1)5-6-9-8/h2-31H,1H3;2-16,27-29H,1H3;1-6,9H. The number of rotatable bonds is 9. The third-order valence-electron chi connectivity index (χ3n) is 17.7. The van der Waals surface area contributed by atoms with Crippen LogP contribution in [0.5, 0.6) is 0 Å². The first kappa shape index (κ1) is 50.9. The summed E-state index contributed by atoms with van der Waals surface area (Å²) in [7, 11) is 0. The lowest BCUT2D eigenvalue weighted by molar-refractivity contribution is 0.706. The topological polar surface area (TPSA) is 77.9 Å². The Morgan fingerprint density at radius 1 is 0.247 bits per heavy atom. The monoisotopic (exact) mass is 1100 g/mol.